The van der Waals surface area contributed by atoms with Crippen molar-refractivity contribution in [3.05, 3.63) is 105 Å². The number of rotatable bonds is 7. The van der Waals surface area contributed by atoms with Crippen LogP contribution in [0.5, 0.6) is 0 Å². The zero-order valence-corrected chi connectivity index (χ0v) is 18.8. The molecule has 0 spiro atoms. The van der Waals surface area contributed by atoms with Crippen LogP contribution in [0.2, 0.25) is 10.0 Å². The summed E-state index contributed by atoms with van der Waals surface area (Å²) in [5.74, 6) is -3.68. The van der Waals surface area contributed by atoms with E-state index < -0.39 is 42.0 Å². The van der Waals surface area contributed by atoms with Crippen molar-refractivity contribution in [1.29, 1.82) is 0 Å². The van der Waals surface area contributed by atoms with Gasteiger partial charge in [0.05, 0.1) is 16.1 Å². The van der Waals surface area contributed by atoms with Gasteiger partial charge < -0.3 is 10.0 Å². The predicted molar refractivity (Wildman–Crippen MR) is 119 cm³/mol. The molecule has 0 saturated carbocycles. The maximum absolute atomic E-state index is 13.8. The molecular weight excluding hydrogens is 497 g/mol. The van der Waals surface area contributed by atoms with Gasteiger partial charge in [-0.15, -0.1) is 0 Å². The average Bonchev–Trinajstić information content (AvgIpc) is 2.76. The molecule has 1 atom stereocenters. The first kappa shape index (κ1) is 25.5. The smallest absolute Gasteiger partial charge is 0.419 e. The maximum atomic E-state index is 13.8. The lowest BCUT2D eigenvalue weighted by molar-refractivity contribution is -0.143. The number of carboxylic acids is 1. The minimum Gasteiger partial charge on any atom is -0.480 e. The first-order valence-electron chi connectivity index (χ1n) is 9.85. The molecule has 3 aromatic rings. The normalized spacial score (nSPS) is 12.3. The minimum atomic E-state index is -4.97. The van der Waals surface area contributed by atoms with Crippen LogP contribution in [0, 0.1) is 5.82 Å². The van der Waals surface area contributed by atoms with Gasteiger partial charge in [-0.2, -0.15) is 13.2 Å². The number of hydrogen-bond acceptors (Lipinski definition) is 2. The van der Waals surface area contributed by atoms with Gasteiger partial charge in [-0.3, -0.25) is 4.79 Å². The van der Waals surface area contributed by atoms with E-state index in [1.807, 2.05) is 0 Å². The molecule has 0 aliphatic carbocycles. The van der Waals surface area contributed by atoms with E-state index in [-0.39, 0.29) is 27.6 Å². The molecule has 1 amide bonds. The third-order valence-electron chi connectivity index (χ3n) is 5.04. The second-order valence-corrected chi connectivity index (χ2v) is 8.26. The third-order valence-corrected chi connectivity index (χ3v) is 5.59. The number of nitrogens with zero attached hydrogens (tertiary/aromatic N) is 1. The van der Waals surface area contributed by atoms with Gasteiger partial charge in [-0.25, -0.2) is 9.18 Å². The third kappa shape index (κ3) is 6.07. The molecule has 4 nitrogen and oxygen atoms in total. The van der Waals surface area contributed by atoms with Crippen molar-refractivity contribution < 1.29 is 32.3 Å². The Morgan fingerprint density at radius 3 is 2.21 bits per heavy atom. The van der Waals surface area contributed by atoms with Crippen LogP contribution in [-0.2, 0) is 23.9 Å². The van der Waals surface area contributed by atoms with Crippen LogP contribution in [-0.4, -0.2) is 27.9 Å². The molecule has 0 aromatic heterocycles. The topological polar surface area (TPSA) is 57.6 Å². The largest absolute Gasteiger partial charge is 0.480 e. The van der Waals surface area contributed by atoms with Crippen LogP contribution < -0.4 is 0 Å². The van der Waals surface area contributed by atoms with E-state index in [0.717, 1.165) is 11.0 Å². The van der Waals surface area contributed by atoms with Crippen molar-refractivity contribution >= 4 is 35.1 Å². The number of carbonyl (C=O) groups is 2. The number of amides is 1. The molecule has 34 heavy (non-hydrogen) atoms. The van der Waals surface area contributed by atoms with Crippen molar-refractivity contribution in [3.8, 4) is 0 Å². The quantitative estimate of drug-likeness (QED) is 0.367. The van der Waals surface area contributed by atoms with Crippen LogP contribution in [0.4, 0.5) is 17.6 Å². The van der Waals surface area contributed by atoms with Crippen molar-refractivity contribution in [2.24, 2.45) is 0 Å². The molecule has 0 aliphatic heterocycles. The van der Waals surface area contributed by atoms with Crippen molar-refractivity contribution in [2.45, 2.75) is 25.2 Å². The Hall–Kier alpha value is -3.10. The van der Waals surface area contributed by atoms with Gasteiger partial charge in [-0.1, -0.05) is 59.6 Å². The van der Waals surface area contributed by atoms with Gasteiger partial charge in [0.1, 0.15) is 11.9 Å². The van der Waals surface area contributed by atoms with E-state index in [1.165, 1.54) is 18.2 Å². The number of aliphatic carboxylic acids is 1. The molecule has 178 valence electrons. The van der Waals surface area contributed by atoms with E-state index in [9.17, 15) is 32.3 Å². The molecule has 0 fully saturated rings. The van der Waals surface area contributed by atoms with Gasteiger partial charge in [0.25, 0.3) is 5.91 Å². The number of hydrogen-bond donors (Lipinski definition) is 1. The van der Waals surface area contributed by atoms with E-state index >= 15 is 0 Å². The van der Waals surface area contributed by atoms with Crippen molar-refractivity contribution in [3.63, 3.8) is 0 Å². The Bertz CT molecular complexity index is 1200. The summed E-state index contributed by atoms with van der Waals surface area (Å²) in [6.07, 6.45) is -5.09. The highest BCUT2D eigenvalue weighted by atomic mass is 35.5. The molecule has 3 aromatic carbocycles. The van der Waals surface area contributed by atoms with Gasteiger partial charge in [0.2, 0.25) is 0 Å². The summed E-state index contributed by atoms with van der Waals surface area (Å²) in [4.78, 5) is 26.5. The van der Waals surface area contributed by atoms with E-state index in [2.05, 4.69) is 0 Å². The number of alkyl halides is 3. The summed E-state index contributed by atoms with van der Waals surface area (Å²) in [7, 11) is 0. The van der Waals surface area contributed by atoms with Crippen LogP contribution in [0.15, 0.2) is 66.7 Å². The number of carbonyl (C=O) groups excluding carboxylic acids is 1. The second kappa shape index (κ2) is 10.4. The Morgan fingerprint density at radius 2 is 1.62 bits per heavy atom. The van der Waals surface area contributed by atoms with Crippen LogP contribution in [0.25, 0.3) is 0 Å². The highest BCUT2D eigenvalue weighted by Gasteiger charge is 2.36. The first-order chi connectivity index (χ1) is 16.0. The van der Waals surface area contributed by atoms with E-state index in [0.29, 0.717) is 17.7 Å². The zero-order valence-electron chi connectivity index (χ0n) is 17.3. The lowest BCUT2D eigenvalue weighted by Crippen LogP contribution is -2.46. The Balaban J connectivity index is 2.07. The standard InChI is InChI=1S/C24H17Cl2F4NO3/c25-16-7-8-17(19(26)12-16)22(32)31(21(23(33)34)11-14-4-2-1-3-5-14)13-15-6-9-20(27)18(10-15)24(28,29)30/h1-10,12,21H,11,13H2,(H,33,34). The summed E-state index contributed by atoms with van der Waals surface area (Å²) in [6.45, 7) is -0.537. The molecule has 0 aliphatic rings. The number of halogens is 6. The monoisotopic (exact) mass is 513 g/mol. The van der Waals surface area contributed by atoms with Crippen molar-refractivity contribution in [1.82, 2.24) is 4.90 Å². The summed E-state index contributed by atoms with van der Waals surface area (Å²) in [5, 5.41) is 10.1. The van der Waals surface area contributed by atoms with Crippen molar-refractivity contribution in [2.75, 3.05) is 0 Å². The Morgan fingerprint density at radius 1 is 0.941 bits per heavy atom. The fraction of sp³-hybridized carbons (Fsp3) is 0.167. The predicted octanol–water partition coefficient (Wildman–Crippen LogP) is 6.49. The molecule has 3 rings (SSSR count). The van der Waals surface area contributed by atoms with Gasteiger partial charge in [0, 0.05) is 18.0 Å². The summed E-state index contributed by atoms with van der Waals surface area (Å²) < 4.78 is 53.4. The number of benzene rings is 3. The first-order valence-corrected chi connectivity index (χ1v) is 10.6. The molecular formula is C24H17Cl2F4NO3. The molecule has 0 radical (unpaired) electrons. The molecule has 0 heterocycles. The fourth-order valence-electron chi connectivity index (χ4n) is 3.39. The summed E-state index contributed by atoms with van der Waals surface area (Å²) in [6, 6.07) is 13.2. The second-order valence-electron chi connectivity index (χ2n) is 7.41. The van der Waals surface area contributed by atoms with Crippen LogP contribution in [0.3, 0.4) is 0 Å². The molecule has 10 heteroatoms. The van der Waals surface area contributed by atoms with Gasteiger partial charge in [0.15, 0.2) is 0 Å². The average molecular weight is 514 g/mol. The lowest BCUT2D eigenvalue weighted by Gasteiger charge is -2.30. The molecule has 0 saturated heterocycles. The zero-order chi connectivity index (χ0) is 25.0. The highest BCUT2D eigenvalue weighted by Crippen LogP contribution is 2.33. The highest BCUT2D eigenvalue weighted by molar-refractivity contribution is 6.36. The minimum absolute atomic E-state index is 0.0542. The molecule has 1 unspecified atom stereocenters. The maximum Gasteiger partial charge on any atom is 0.419 e. The molecule has 0 bridgehead atoms. The van der Waals surface area contributed by atoms with Crippen LogP contribution in [0.1, 0.15) is 27.0 Å². The van der Waals surface area contributed by atoms with E-state index in [1.54, 1.807) is 30.3 Å². The molecule has 1 N–H and O–H groups in total. The fourth-order valence-corrected chi connectivity index (χ4v) is 3.88. The summed E-state index contributed by atoms with van der Waals surface area (Å²) >= 11 is 12.0. The van der Waals surface area contributed by atoms with Gasteiger partial charge >= 0.3 is 12.1 Å². The SMILES string of the molecule is O=C(O)C(Cc1ccccc1)N(Cc1ccc(F)c(C(F)(F)F)c1)C(=O)c1ccc(Cl)cc1Cl. The lowest BCUT2D eigenvalue weighted by atomic mass is 10.0. The Kier molecular flexibility index (Phi) is 7.84. The summed E-state index contributed by atoms with van der Waals surface area (Å²) in [5.41, 5.74) is -1.11. The van der Waals surface area contributed by atoms with E-state index in [4.69, 9.17) is 23.2 Å². The van der Waals surface area contributed by atoms with Gasteiger partial charge in [-0.05, 0) is 41.5 Å². The Labute approximate surface area is 202 Å². The van der Waals surface area contributed by atoms with Crippen LogP contribution >= 0.6 is 23.2 Å². The number of carboxylic acid groups (broad SMARTS) is 1.